The molecule has 0 radical (unpaired) electrons. The second-order valence-corrected chi connectivity index (χ2v) is 5.98. The van der Waals surface area contributed by atoms with E-state index >= 15 is 0 Å². The fraction of sp³-hybridized carbons (Fsp3) is 0.529. The number of pyridine rings is 1. The fourth-order valence-corrected chi connectivity index (χ4v) is 3.08. The number of aromatic nitrogens is 3. The van der Waals surface area contributed by atoms with Gasteiger partial charge in [-0.25, -0.2) is 0 Å². The maximum atomic E-state index is 10.2. The highest BCUT2D eigenvalue weighted by Crippen LogP contribution is 2.28. The standard InChI is InChI=1S/C17H23N3O/c21-17(8-7-14-4-3-10-18-13-14)12-15-9-11-20(19-15)16-5-1-2-6-16/h3-4,9-11,13,16-17,21H,1-2,5-8,12H2. The third-order valence-corrected chi connectivity index (χ3v) is 4.30. The summed E-state index contributed by atoms with van der Waals surface area (Å²) in [6.07, 6.45) is 12.7. The average molecular weight is 285 g/mol. The Morgan fingerprint density at radius 3 is 2.90 bits per heavy atom. The second-order valence-electron chi connectivity index (χ2n) is 5.98. The first kappa shape index (κ1) is 14.3. The largest absolute Gasteiger partial charge is 0.393 e. The molecule has 1 atom stereocenters. The normalized spacial score (nSPS) is 17.2. The molecule has 2 aromatic heterocycles. The van der Waals surface area contributed by atoms with Crippen LogP contribution >= 0.6 is 0 Å². The monoisotopic (exact) mass is 285 g/mol. The van der Waals surface area contributed by atoms with E-state index in [1.54, 1.807) is 6.20 Å². The van der Waals surface area contributed by atoms with Crippen LogP contribution in [0.4, 0.5) is 0 Å². The molecule has 0 saturated heterocycles. The van der Waals surface area contributed by atoms with E-state index in [4.69, 9.17) is 0 Å². The lowest BCUT2D eigenvalue weighted by molar-refractivity contribution is 0.163. The first-order valence-electron chi connectivity index (χ1n) is 7.92. The van der Waals surface area contributed by atoms with Crippen LogP contribution in [0.15, 0.2) is 36.8 Å². The van der Waals surface area contributed by atoms with Crippen molar-refractivity contribution in [1.82, 2.24) is 14.8 Å². The Hall–Kier alpha value is -1.68. The minimum atomic E-state index is -0.336. The van der Waals surface area contributed by atoms with Gasteiger partial charge in [0.1, 0.15) is 0 Å². The van der Waals surface area contributed by atoms with Crippen molar-refractivity contribution < 1.29 is 5.11 Å². The van der Waals surface area contributed by atoms with Crippen LogP contribution in [-0.4, -0.2) is 26.0 Å². The van der Waals surface area contributed by atoms with Crippen LogP contribution in [0.2, 0.25) is 0 Å². The summed E-state index contributed by atoms with van der Waals surface area (Å²) in [4.78, 5) is 4.10. The number of aryl methyl sites for hydroxylation is 1. The van der Waals surface area contributed by atoms with Gasteiger partial charge < -0.3 is 5.11 Å². The van der Waals surface area contributed by atoms with Gasteiger partial charge in [-0.3, -0.25) is 9.67 Å². The number of hydrogen-bond donors (Lipinski definition) is 1. The Kier molecular flexibility index (Phi) is 4.65. The Balaban J connectivity index is 1.49. The number of nitrogens with zero attached hydrogens (tertiary/aromatic N) is 3. The van der Waals surface area contributed by atoms with Crippen LogP contribution in [0.1, 0.15) is 49.4 Å². The molecule has 0 spiro atoms. The van der Waals surface area contributed by atoms with Crippen molar-refractivity contribution in [1.29, 1.82) is 0 Å². The number of aliphatic hydroxyl groups is 1. The third-order valence-electron chi connectivity index (χ3n) is 4.30. The maximum Gasteiger partial charge on any atom is 0.0650 e. The third kappa shape index (κ3) is 3.91. The van der Waals surface area contributed by atoms with E-state index in [9.17, 15) is 5.11 Å². The summed E-state index contributed by atoms with van der Waals surface area (Å²) in [5.74, 6) is 0. The summed E-state index contributed by atoms with van der Waals surface area (Å²) in [5, 5.41) is 14.8. The zero-order valence-electron chi connectivity index (χ0n) is 12.4. The fourth-order valence-electron chi connectivity index (χ4n) is 3.08. The molecule has 1 saturated carbocycles. The Morgan fingerprint density at radius 2 is 2.14 bits per heavy atom. The zero-order valence-corrected chi connectivity index (χ0v) is 12.4. The van der Waals surface area contributed by atoms with Gasteiger partial charge in [0.15, 0.2) is 0 Å². The van der Waals surface area contributed by atoms with E-state index in [1.165, 1.54) is 31.2 Å². The van der Waals surface area contributed by atoms with Crippen molar-refractivity contribution in [2.24, 2.45) is 0 Å². The predicted octanol–water partition coefficient (Wildman–Crippen LogP) is 2.93. The van der Waals surface area contributed by atoms with Crippen molar-refractivity contribution >= 4 is 0 Å². The van der Waals surface area contributed by atoms with E-state index < -0.39 is 0 Å². The lowest BCUT2D eigenvalue weighted by Crippen LogP contribution is -2.13. The van der Waals surface area contributed by atoms with Gasteiger partial charge in [0.2, 0.25) is 0 Å². The van der Waals surface area contributed by atoms with E-state index in [0.717, 1.165) is 18.5 Å². The summed E-state index contributed by atoms with van der Waals surface area (Å²) >= 11 is 0. The van der Waals surface area contributed by atoms with Gasteiger partial charge in [-0.15, -0.1) is 0 Å². The highest BCUT2D eigenvalue weighted by Gasteiger charge is 2.18. The minimum Gasteiger partial charge on any atom is -0.393 e. The molecule has 1 aliphatic carbocycles. The van der Waals surface area contributed by atoms with Crippen LogP contribution < -0.4 is 0 Å². The van der Waals surface area contributed by atoms with Crippen molar-refractivity contribution in [3.63, 3.8) is 0 Å². The summed E-state index contributed by atoms with van der Waals surface area (Å²) in [6, 6.07) is 6.61. The number of aliphatic hydroxyl groups excluding tert-OH is 1. The van der Waals surface area contributed by atoms with Gasteiger partial charge in [0.05, 0.1) is 17.8 Å². The minimum absolute atomic E-state index is 0.336. The van der Waals surface area contributed by atoms with Crippen LogP contribution in [0.25, 0.3) is 0 Å². The Labute approximate surface area is 125 Å². The van der Waals surface area contributed by atoms with Gasteiger partial charge in [-0.2, -0.15) is 5.10 Å². The van der Waals surface area contributed by atoms with Crippen LogP contribution in [0, 0.1) is 0 Å². The summed E-state index contributed by atoms with van der Waals surface area (Å²) in [5.41, 5.74) is 2.17. The summed E-state index contributed by atoms with van der Waals surface area (Å²) in [6.45, 7) is 0. The molecule has 2 heterocycles. The van der Waals surface area contributed by atoms with Crippen molar-refractivity contribution in [3.8, 4) is 0 Å². The predicted molar refractivity (Wildman–Crippen MR) is 82.0 cm³/mol. The van der Waals surface area contributed by atoms with E-state index in [2.05, 4.69) is 27.0 Å². The molecule has 0 aliphatic heterocycles. The molecule has 0 amide bonds. The molecular formula is C17H23N3O. The van der Waals surface area contributed by atoms with Gasteiger partial charge in [-0.05, 0) is 43.4 Å². The zero-order chi connectivity index (χ0) is 14.5. The van der Waals surface area contributed by atoms with Gasteiger partial charge >= 0.3 is 0 Å². The van der Waals surface area contributed by atoms with E-state index in [0.29, 0.717) is 12.5 Å². The smallest absolute Gasteiger partial charge is 0.0650 e. The SMILES string of the molecule is OC(CCc1cccnc1)Cc1ccn(C2CCCC2)n1. The quantitative estimate of drug-likeness (QED) is 0.888. The molecule has 1 fully saturated rings. The molecule has 1 N–H and O–H groups in total. The Bertz CT molecular complexity index is 546. The molecule has 21 heavy (non-hydrogen) atoms. The van der Waals surface area contributed by atoms with Crippen LogP contribution in [-0.2, 0) is 12.8 Å². The molecule has 112 valence electrons. The van der Waals surface area contributed by atoms with Gasteiger partial charge in [0, 0.05) is 25.0 Å². The van der Waals surface area contributed by atoms with Gasteiger partial charge in [0.25, 0.3) is 0 Å². The molecule has 0 bridgehead atoms. The molecular weight excluding hydrogens is 262 g/mol. The van der Waals surface area contributed by atoms with Crippen molar-refractivity contribution in [2.45, 2.75) is 57.1 Å². The van der Waals surface area contributed by atoms with Crippen molar-refractivity contribution in [2.75, 3.05) is 0 Å². The van der Waals surface area contributed by atoms with Crippen molar-refractivity contribution in [3.05, 3.63) is 48.0 Å². The average Bonchev–Trinajstić information content (AvgIpc) is 3.17. The lowest BCUT2D eigenvalue weighted by Gasteiger charge is -2.10. The molecule has 2 aromatic rings. The van der Waals surface area contributed by atoms with Crippen LogP contribution in [0.3, 0.4) is 0 Å². The van der Waals surface area contributed by atoms with E-state index in [1.807, 2.05) is 18.3 Å². The molecule has 0 aromatic carbocycles. The summed E-state index contributed by atoms with van der Waals surface area (Å²) < 4.78 is 2.09. The molecule has 1 unspecified atom stereocenters. The molecule has 4 heteroatoms. The number of rotatable bonds is 6. The highest BCUT2D eigenvalue weighted by atomic mass is 16.3. The molecule has 1 aliphatic rings. The maximum absolute atomic E-state index is 10.2. The molecule has 4 nitrogen and oxygen atoms in total. The molecule has 3 rings (SSSR count). The van der Waals surface area contributed by atoms with E-state index in [-0.39, 0.29) is 6.10 Å². The van der Waals surface area contributed by atoms with Gasteiger partial charge in [-0.1, -0.05) is 18.9 Å². The lowest BCUT2D eigenvalue weighted by atomic mass is 10.1. The summed E-state index contributed by atoms with van der Waals surface area (Å²) in [7, 11) is 0. The number of hydrogen-bond acceptors (Lipinski definition) is 3. The second kappa shape index (κ2) is 6.85. The van der Waals surface area contributed by atoms with Crippen LogP contribution in [0.5, 0.6) is 0 Å². The topological polar surface area (TPSA) is 50.9 Å². The Morgan fingerprint density at radius 1 is 1.29 bits per heavy atom. The first-order chi connectivity index (χ1) is 10.3. The first-order valence-corrected chi connectivity index (χ1v) is 7.92. The highest BCUT2D eigenvalue weighted by molar-refractivity contribution is 5.09.